The van der Waals surface area contributed by atoms with E-state index in [0.717, 1.165) is 22.6 Å². The molecule has 1 N–H and O–H groups in total. The number of ether oxygens (including phenoxy) is 3. The van der Waals surface area contributed by atoms with Crippen molar-refractivity contribution in [2.45, 2.75) is 26.9 Å². The highest BCUT2D eigenvalue weighted by molar-refractivity contribution is 6.32. The van der Waals surface area contributed by atoms with Crippen LogP contribution in [0.25, 0.3) is 0 Å². The summed E-state index contributed by atoms with van der Waals surface area (Å²) < 4.78 is 16.4. The molecule has 1 atom stereocenters. The molecule has 0 heterocycles. The van der Waals surface area contributed by atoms with Crippen LogP contribution in [0.4, 0.5) is 0 Å². The lowest BCUT2D eigenvalue weighted by Gasteiger charge is -2.16. The Kier molecular flexibility index (Phi) is 7.16. The Balaban J connectivity index is 1.76. The van der Waals surface area contributed by atoms with Crippen molar-refractivity contribution in [1.82, 2.24) is 5.32 Å². The van der Waals surface area contributed by atoms with Crippen molar-refractivity contribution in [2.75, 3.05) is 20.3 Å². The molecule has 2 aromatic carbocycles. The van der Waals surface area contributed by atoms with Gasteiger partial charge in [-0.05, 0) is 68.3 Å². The zero-order valence-electron chi connectivity index (χ0n) is 15.5. The fourth-order valence-corrected chi connectivity index (χ4v) is 2.50. The second-order valence-electron chi connectivity index (χ2n) is 5.95. The van der Waals surface area contributed by atoms with Gasteiger partial charge >= 0.3 is 0 Å². The van der Waals surface area contributed by atoms with E-state index < -0.39 is 6.10 Å². The van der Waals surface area contributed by atoms with Crippen LogP contribution >= 0.6 is 11.6 Å². The van der Waals surface area contributed by atoms with Crippen LogP contribution < -0.4 is 19.5 Å². The zero-order chi connectivity index (χ0) is 19.1. The number of methoxy groups -OCH3 is 1. The fourth-order valence-electron chi connectivity index (χ4n) is 2.39. The second-order valence-corrected chi connectivity index (χ2v) is 6.32. The van der Waals surface area contributed by atoms with E-state index in [2.05, 4.69) is 5.32 Å². The van der Waals surface area contributed by atoms with E-state index in [1.54, 1.807) is 14.0 Å². The maximum Gasteiger partial charge on any atom is 0.260 e. The maximum absolute atomic E-state index is 12.1. The highest BCUT2D eigenvalue weighted by Gasteiger charge is 2.15. The molecule has 0 saturated carbocycles. The van der Waals surface area contributed by atoms with E-state index in [4.69, 9.17) is 25.8 Å². The average molecular weight is 378 g/mol. The molecule has 0 saturated heterocycles. The van der Waals surface area contributed by atoms with E-state index in [1.807, 2.05) is 50.2 Å². The Bertz CT molecular complexity index is 723. The topological polar surface area (TPSA) is 56.8 Å². The lowest BCUT2D eigenvalue weighted by molar-refractivity contribution is -0.127. The summed E-state index contributed by atoms with van der Waals surface area (Å²) in [5.41, 5.74) is 1.84. The molecule has 0 spiro atoms. The summed E-state index contributed by atoms with van der Waals surface area (Å²) in [5.74, 6) is 1.91. The van der Waals surface area contributed by atoms with Gasteiger partial charge in [-0.2, -0.15) is 0 Å². The smallest absolute Gasteiger partial charge is 0.260 e. The van der Waals surface area contributed by atoms with E-state index >= 15 is 0 Å². The van der Waals surface area contributed by atoms with Crippen LogP contribution in [0.2, 0.25) is 5.02 Å². The van der Waals surface area contributed by atoms with Crippen molar-refractivity contribution in [3.8, 4) is 17.2 Å². The van der Waals surface area contributed by atoms with Crippen molar-refractivity contribution >= 4 is 17.5 Å². The summed E-state index contributed by atoms with van der Waals surface area (Å²) in [5, 5.41) is 3.51. The lowest BCUT2D eigenvalue weighted by Crippen LogP contribution is -2.38. The fraction of sp³-hybridized carbons (Fsp3) is 0.350. The third-order valence-electron chi connectivity index (χ3n) is 3.82. The Morgan fingerprint density at radius 3 is 2.23 bits per heavy atom. The van der Waals surface area contributed by atoms with Crippen LogP contribution in [-0.4, -0.2) is 32.3 Å². The van der Waals surface area contributed by atoms with Crippen molar-refractivity contribution in [3.05, 3.63) is 52.5 Å². The lowest BCUT2D eigenvalue weighted by atomic mass is 10.1. The highest BCUT2D eigenvalue weighted by Crippen LogP contribution is 2.26. The van der Waals surface area contributed by atoms with Crippen LogP contribution in [0, 0.1) is 13.8 Å². The molecule has 2 aromatic rings. The number of carbonyl (C=O) groups is 1. The normalized spacial score (nSPS) is 11.6. The summed E-state index contributed by atoms with van der Waals surface area (Å²) >= 11 is 6.14. The molecule has 0 aromatic heterocycles. The minimum Gasteiger partial charge on any atom is -0.497 e. The number of aryl methyl sites for hydroxylation is 2. The third-order valence-corrected chi connectivity index (χ3v) is 4.42. The standard InChI is InChI=1S/C20H24ClNO4/c1-13-11-18(12-14(2)19(13)21)26-15(3)20(23)22-9-10-25-17-7-5-16(24-4)6-8-17/h5-8,11-12,15H,9-10H2,1-4H3,(H,22,23)/t15-/m0/s1. The molecule has 2 rings (SSSR count). The summed E-state index contributed by atoms with van der Waals surface area (Å²) in [7, 11) is 1.61. The molecule has 26 heavy (non-hydrogen) atoms. The number of hydrogen-bond donors (Lipinski definition) is 1. The minimum atomic E-state index is -0.615. The first kappa shape index (κ1) is 19.9. The molecule has 0 fully saturated rings. The number of hydrogen-bond acceptors (Lipinski definition) is 4. The molecular weight excluding hydrogens is 354 g/mol. The van der Waals surface area contributed by atoms with Crippen molar-refractivity contribution in [1.29, 1.82) is 0 Å². The quantitative estimate of drug-likeness (QED) is 0.708. The van der Waals surface area contributed by atoms with Gasteiger partial charge in [0, 0.05) is 5.02 Å². The molecule has 1 amide bonds. The predicted octanol–water partition coefficient (Wildman–Crippen LogP) is 3.93. The van der Waals surface area contributed by atoms with Gasteiger partial charge in [-0.25, -0.2) is 0 Å². The molecule has 0 aliphatic rings. The van der Waals surface area contributed by atoms with Gasteiger partial charge in [0.05, 0.1) is 13.7 Å². The average Bonchev–Trinajstić information content (AvgIpc) is 2.63. The first-order chi connectivity index (χ1) is 12.4. The van der Waals surface area contributed by atoms with E-state index in [1.165, 1.54) is 0 Å². The van der Waals surface area contributed by atoms with Crippen molar-refractivity contribution in [3.63, 3.8) is 0 Å². The largest absolute Gasteiger partial charge is 0.497 e. The molecule has 0 aliphatic heterocycles. The van der Waals surface area contributed by atoms with Gasteiger partial charge in [0.2, 0.25) is 0 Å². The van der Waals surface area contributed by atoms with Crippen molar-refractivity contribution in [2.24, 2.45) is 0 Å². The Morgan fingerprint density at radius 2 is 1.65 bits per heavy atom. The SMILES string of the molecule is COc1ccc(OCCNC(=O)[C@H](C)Oc2cc(C)c(Cl)c(C)c2)cc1. The number of nitrogens with one attached hydrogen (secondary N) is 1. The zero-order valence-corrected chi connectivity index (χ0v) is 16.2. The first-order valence-corrected chi connectivity index (χ1v) is 8.76. The van der Waals surface area contributed by atoms with Gasteiger partial charge in [0.1, 0.15) is 23.9 Å². The second kappa shape index (κ2) is 9.34. The number of carbonyl (C=O) groups excluding carboxylic acids is 1. The van der Waals surface area contributed by atoms with E-state index in [0.29, 0.717) is 23.9 Å². The van der Waals surface area contributed by atoms with Crippen LogP contribution in [-0.2, 0) is 4.79 Å². The molecule has 0 radical (unpaired) electrons. The first-order valence-electron chi connectivity index (χ1n) is 8.38. The van der Waals surface area contributed by atoms with Gasteiger partial charge in [-0.3, -0.25) is 4.79 Å². The van der Waals surface area contributed by atoms with Crippen molar-refractivity contribution < 1.29 is 19.0 Å². The number of benzene rings is 2. The summed E-state index contributed by atoms with van der Waals surface area (Å²) in [6.45, 7) is 6.27. The van der Waals surface area contributed by atoms with Gasteiger partial charge in [-0.1, -0.05) is 11.6 Å². The van der Waals surface area contributed by atoms with Gasteiger partial charge in [-0.15, -0.1) is 0 Å². The molecule has 5 nitrogen and oxygen atoms in total. The van der Waals surface area contributed by atoms with Gasteiger partial charge < -0.3 is 19.5 Å². The number of rotatable bonds is 8. The van der Waals surface area contributed by atoms with Crippen LogP contribution in [0.3, 0.4) is 0 Å². The molecule has 6 heteroatoms. The molecule has 0 aliphatic carbocycles. The number of amides is 1. The Hall–Kier alpha value is -2.40. The van der Waals surface area contributed by atoms with Gasteiger partial charge in [0.25, 0.3) is 5.91 Å². The van der Waals surface area contributed by atoms with Crippen LogP contribution in [0.5, 0.6) is 17.2 Å². The summed E-state index contributed by atoms with van der Waals surface area (Å²) in [4.78, 5) is 12.1. The highest BCUT2D eigenvalue weighted by atomic mass is 35.5. The number of halogens is 1. The van der Waals surface area contributed by atoms with Crippen LogP contribution in [0.15, 0.2) is 36.4 Å². The Morgan fingerprint density at radius 1 is 1.08 bits per heavy atom. The van der Waals surface area contributed by atoms with E-state index in [9.17, 15) is 4.79 Å². The molecule has 0 bridgehead atoms. The summed E-state index contributed by atoms with van der Waals surface area (Å²) in [6, 6.07) is 10.9. The monoisotopic (exact) mass is 377 g/mol. The Labute approximate surface area is 159 Å². The summed E-state index contributed by atoms with van der Waals surface area (Å²) in [6.07, 6.45) is -0.615. The predicted molar refractivity (Wildman–Crippen MR) is 103 cm³/mol. The molecule has 140 valence electrons. The maximum atomic E-state index is 12.1. The third kappa shape index (κ3) is 5.56. The van der Waals surface area contributed by atoms with Crippen LogP contribution in [0.1, 0.15) is 18.1 Å². The molecule has 0 unspecified atom stereocenters. The van der Waals surface area contributed by atoms with Gasteiger partial charge in [0.15, 0.2) is 6.10 Å². The van der Waals surface area contributed by atoms with E-state index in [-0.39, 0.29) is 5.91 Å². The minimum absolute atomic E-state index is 0.200. The molecular formula is C20H24ClNO4.